The largest absolute Gasteiger partial charge is 0.489 e. The molecular formula is C15H26N2O3. The SMILES string of the molecule is CCOCC(O)COc1ccc(CNCC(C)C)nc1. The standard InChI is InChI=1S/C15H26N2O3/c1-4-19-10-14(18)11-20-15-6-5-13(17-9-15)8-16-7-12(2)3/h5-6,9,12,14,16,18H,4,7-8,10-11H2,1-3H3. The molecule has 0 saturated heterocycles. The Kier molecular flexibility index (Phi) is 8.18. The molecule has 0 saturated carbocycles. The molecule has 20 heavy (non-hydrogen) atoms. The van der Waals surface area contributed by atoms with Crippen LogP contribution in [0, 0.1) is 5.92 Å². The molecule has 0 amide bonds. The minimum Gasteiger partial charge on any atom is -0.489 e. The van der Waals surface area contributed by atoms with Crippen molar-refractivity contribution in [1.29, 1.82) is 0 Å². The predicted octanol–water partition coefficient (Wildman–Crippen LogP) is 1.60. The van der Waals surface area contributed by atoms with Crippen LogP contribution in [-0.4, -0.2) is 42.6 Å². The van der Waals surface area contributed by atoms with Gasteiger partial charge in [0.05, 0.1) is 18.5 Å². The summed E-state index contributed by atoms with van der Waals surface area (Å²) in [5, 5.41) is 12.9. The molecule has 0 fully saturated rings. The smallest absolute Gasteiger partial charge is 0.137 e. The fraction of sp³-hybridized carbons (Fsp3) is 0.667. The van der Waals surface area contributed by atoms with Gasteiger partial charge in [0.1, 0.15) is 18.5 Å². The molecule has 1 aromatic heterocycles. The Hall–Kier alpha value is -1.17. The third-order valence-electron chi connectivity index (χ3n) is 2.61. The number of nitrogens with zero attached hydrogens (tertiary/aromatic N) is 1. The molecule has 5 heteroatoms. The van der Waals surface area contributed by atoms with Gasteiger partial charge in [0.25, 0.3) is 0 Å². The van der Waals surface area contributed by atoms with Crippen LogP contribution >= 0.6 is 0 Å². The van der Waals surface area contributed by atoms with Crippen molar-refractivity contribution in [1.82, 2.24) is 10.3 Å². The van der Waals surface area contributed by atoms with Gasteiger partial charge in [-0.15, -0.1) is 0 Å². The van der Waals surface area contributed by atoms with Gasteiger partial charge in [0.2, 0.25) is 0 Å². The molecule has 0 aliphatic heterocycles. The third kappa shape index (κ3) is 7.43. The van der Waals surface area contributed by atoms with E-state index in [-0.39, 0.29) is 6.61 Å². The minimum absolute atomic E-state index is 0.215. The maximum atomic E-state index is 9.58. The molecule has 1 atom stereocenters. The number of aliphatic hydroxyl groups is 1. The van der Waals surface area contributed by atoms with Crippen LogP contribution in [0.5, 0.6) is 5.75 Å². The normalized spacial score (nSPS) is 12.7. The first kappa shape index (κ1) is 16.9. The Morgan fingerprint density at radius 2 is 2.10 bits per heavy atom. The first-order valence-corrected chi connectivity index (χ1v) is 7.16. The molecule has 1 aromatic rings. The van der Waals surface area contributed by atoms with Gasteiger partial charge < -0.3 is 19.9 Å². The van der Waals surface area contributed by atoms with Crippen LogP contribution in [0.4, 0.5) is 0 Å². The topological polar surface area (TPSA) is 63.6 Å². The predicted molar refractivity (Wildman–Crippen MR) is 78.8 cm³/mol. The zero-order valence-corrected chi connectivity index (χ0v) is 12.6. The Labute approximate surface area is 121 Å². The average Bonchev–Trinajstić information content (AvgIpc) is 2.44. The van der Waals surface area contributed by atoms with E-state index in [0.717, 1.165) is 18.8 Å². The van der Waals surface area contributed by atoms with E-state index in [2.05, 4.69) is 24.1 Å². The summed E-state index contributed by atoms with van der Waals surface area (Å²) in [5.41, 5.74) is 0.980. The Bertz CT molecular complexity index is 355. The van der Waals surface area contributed by atoms with Crippen LogP contribution < -0.4 is 10.1 Å². The molecule has 0 bridgehead atoms. The lowest BCUT2D eigenvalue weighted by Gasteiger charge is -2.12. The molecule has 0 aliphatic rings. The molecule has 1 heterocycles. The number of aliphatic hydroxyl groups excluding tert-OH is 1. The van der Waals surface area contributed by atoms with Gasteiger partial charge in [-0.2, -0.15) is 0 Å². The first-order valence-electron chi connectivity index (χ1n) is 7.16. The van der Waals surface area contributed by atoms with E-state index in [1.807, 2.05) is 19.1 Å². The first-order chi connectivity index (χ1) is 9.61. The summed E-state index contributed by atoms with van der Waals surface area (Å²) < 4.78 is 10.6. The van der Waals surface area contributed by atoms with E-state index in [0.29, 0.717) is 24.9 Å². The fourth-order valence-electron chi connectivity index (χ4n) is 1.58. The van der Waals surface area contributed by atoms with Crippen molar-refractivity contribution in [3.8, 4) is 5.75 Å². The quantitative estimate of drug-likeness (QED) is 0.682. The van der Waals surface area contributed by atoms with Crippen molar-refractivity contribution >= 4 is 0 Å². The lowest BCUT2D eigenvalue weighted by molar-refractivity contribution is 0.0164. The fourth-order valence-corrected chi connectivity index (χ4v) is 1.58. The maximum Gasteiger partial charge on any atom is 0.137 e. The number of ether oxygens (including phenoxy) is 2. The van der Waals surface area contributed by atoms with Crippen LogP contribution in [0.1, 0.15) is 26.5 Å². The van der Waals surface area contributed by atoms with Crippen LogP contribution in [0.25, 0.3) is 0 Å². The Morgan fingerprint density at radius 1 is 1.30 bits per heavy atom. The maximum absolute atomic E-state index is 9.58. The number of nitrogens with one attached hydrogen (secondary N) is 1. The van der Waals surface area contributed by atoms with Gasteiger partial charge in [-0.05, 0) is 31.5 Å². The van der Waals surface area contributed by atoms with Crippen molar-refractivity contribution in [3.63, 3.8) is 0 Å². The lowest BCUT2D eigenvalue weighted by atomic mass is 10.2. The van der Waals surface area contributed by atoms with E-state index in [4.69, 9.17) is 9.47 Å². The van der Waals surface area contributed by atoms with Gasteiger partial charge >= 0.3 is 0 Å². The van der Waals surface area contributed by atoms with Gasteiger partial charge in [0, 0.05) is 13.2 Å². The lowest BCUT2D eigenvalue weighted by Crippen LogP contribution is -2.23. The summed E-state index contributed by atoms with van der Waals surface area (Å²) in [6.07, 6.45) is 1.07. The van der Waals surface area contributed by atoms with E-state index in [9.17, 15) is 5.11 Å². The molecule has 0 aliphatic carbocycles. The number of hydrogen-bond donors (Lipinski definition) is 2. The summed E-state index contributed by atoms with van der Waals surface area (Å²) >= 11 is 0. The zero-order valence-electron chi connectivity index (χ0n) is 12.6. The van der Waals surface area contributed by atoms with Gasteiger partial charge in [-0.1, -0.05) is 13.8 Å². The molecule has 0 spiro atoms. The van der Waals surface area contributed by atoms with Crippen molar-refractivity contribution in [2.45, 2.75) is 33.4 Å². The highest BCUT2D eigenvalue weighted by atomic mass is 16.5. The summed E-state index contributed by atoms with van der Waals surface area (Å²) in [6, 6.07) is 3.80. The molecular weight excluding hydrogens is 256 g/mol. The molecule has 5 nitrogen and oxygen atoms in total. The average molecular weight is 282 g/mol. The summed E-state index contributed by atoms with van der Waals surface area (Å²) in [5.74, 6) is 1.29. The zero-order chi connectivity index (χ0) is 14.8. The van der Waals surface area contributed by atoms with Crippen LogP contribution in [0.2, 0.25) is 0 Å². The third-order valence-corrected chi connectivity index (χ3v) is 2.61. The van der Waals surface area contributed by atoms with Crippen LogP contribution in [-0.2, 0) is 11.3 Å². The van der Waals surface area contributed by atoms with Gasteiger partial charge in [-0.3, -0.25) is 4.98 Å². The molecule has 1 unspecified atom stereocenters. The number of rotatable bonds is 10. The van der Waals surface area contributed by atoms with Crippen molar-refractivity contribution in [3.05, 3.63) is 24.0 Å². The van der Waals surface area contributed by atoms with E-state index in [1.165, 1.54) is 0 Å². The molecule has 1 rings (SSSR count). The second-order valence-corrected chi connectivity index (χ2v) is 5.13. The van der Waals surface area contributed by atoms with Crippen LogP contribution in [0.15, 0.2) is 18.3 Å². The minimum atomic E-state index is -0.609. The second kappa shape index (κ2) is 9.69. The van der Waals surface area contributed by atoms with Crippen LogP contribution in [0.3, 0.4) is 0 Å². The second-order valence-electron chi connectivity index (χ2n) is 5.13. The number of hydrogen-bond acceptors (Lipinski definition) is 5. The monoisotopic (exact) mass is 282 g/mol. The van der Waals surface area contributed by atoms with E-state index >= 15 is 0 Å². The van der Waals surface area contributed by atoms with E-state index < -0.39 is 6.10 Å². The highest BCUT2D eigenvalue weighted by Crippen LogP contribution is 2.09. The molecule has 114 valence electrons. The Balaban J connectivity index is 2.27. The summed E-state index contributed by atoms with van der Waals surface area (Å²) in [6.45, 7) is 9.07. The molecule has 2 N–H and O–H groups in total. The molecule has 0 radical (unpaired) electrons. The van der Waals surface area contributed by atoms with Gasteiger partial charge in [-0.25, -0.2) is 0 Å². The number of pyridine rings is 1. The highest BCUT2D eigenvalue weighted by Gasteiger charge is 2.05. The van der Waals surface area contributed by atoms with Crippen molar-refractivity contribution in [2.75, 3.05) is 26.4 Å². The molecule has 0 aromatic carbocycles. The van der Waals surface area contributed by atoms with Crippen molar-refractivity contribution in [2.24, 2.45) is 5.92 Å². The summed E-state index contributed by atoms with van der Waals surface area (Å²) in [7, 11) is 0. The summed E-state index contributed by atoms with van der Waals surface area (Å²) in [4.78, 5) is 4.32. The van der Waals surface area contributed by atoms with E-state index in [1.54, 1.807) is 6.20 Å². The highest BCUT2D eigenvalue weighted by molar-refractivity contribution is 5.19. The number of aromatic nitrogens is 1. The van der Waals surface area contributed by atoms with Crippen molar-refractivity contribution < 1.29 is 14.6 Å². The van der Waals surface area contributed by atoms with Gasteiger partial charge in [0.15, 0.2) is 0 Å². The Morgan fingerprint density at radius 3 is 2.70 bits per heavy atom.